The van der Waals surface area contributed by atoms with Gasteiger partial charge in [-0.25, -0.2) is 0 Å². The second kappa shape index (κ2) is 7.24. The molecule has 0 amide bonds. The normalized spacial score (nSPS) is 18.8. The van der Waals surface area contributed by atoms with Gasteiger partial charge in [-0.05, 0) is 44.0 Å². The number of aromatic nitrogens is 1. The Bertz CT molecular complexity index is 838. The summed E-state index contributed by atoms with van der Waals surface area (Å²) in [6, 6.07) is 22.0. The minimum Gasteiger partial charge on any atom is -0.376 e. The Hall–Kier alpha value is -2.39. The lowest BCUT2D eigenvalue weighted by molar-refractivity contribution is 0.366. The predicted molar refractivity (Wildman–Crippen MR) is 105 cm³/mol. The van der Waals surface area contributed by atoms with E-state index >= 15 is 0 Å². The van der Waals surface area contributed by atoms with E-state index < -0.39 is 0 Å². The Morgan fingerprint density at radius 2 is 1.84 bits per heavy atom. The molecule has 3 heteroatoms. The number of hydrogen-bond donors (Lipinski definition) is 2. The summed E-state index contributed by atoms with van der Waals surface area (Å²) in [5.74, 6) is 0. The smallest absolute Gasteiger partial charge is 0.0725 e. The topological polar surface area (TPSA) is 37.0 Å². The van der Waals surface area contributed by atoms with Gasteiger partial charge in [0.1, 0.15) is 0 Å². The maximum atomic E-state index is 4.67. The van der Waals surface area contributed by atoms with Gasteiger partial charge in [-0.15, -0.1) is 0 Å². The molecule has 0 radical (unpaired) electrons. The summed E-state index contributed by atoms with van der Waals surface area (Å²) < 4.78 is 0. The van der Waals surface area contributed by atoms with Crippen molar-refractivity contribution >= 4 is 16.6 Å². The lowest BCUT2D eigenvalue weighted by Gasteiger charge is -2.33. The van der Waals surface area contributed by atoms with Crippen LogP contribution in [0.2, 0.25) is 0 Å². The number of fused-ring (bicyclic) bond motifs is 1. The number of pyridine rings is 1. The summed E-state index contributed by atoms with van der Waals surface area (Å²) in [6.07, 6.45) is 3.77. The summed E-state index contributed by atoms with van der Waals surface area (Å²) >= 11 is 0. The van der Waals surface area contributed by atoms with E-state index in [9.17, 15) is 0 Å². The van der Waals surface area contributed by atoms with Crippen LogP contribution in [0.3, 0.4) is 0 Å². The van der Waals surface area contributed by atoms with Gasteiger partial charge >= 0.3 is 0 Å². The van der Waals surface area contributed by atoms with Crippen molar-refractivity contribution in [2.75, 3.05) is 11.9 Å². The van der Waals surface area contributed by atoms with E-state index in [0.717, 1.165) is 17.8 Å². The number of anilines is 1. The highest BCUT2D eigenvalue weighted by Crippen LogP contribution is 2.31. The first-order chi connectivity index (χ1) is 12.3. The maximum absolute atomic E-state index is 4.67. The van der Waals surface area contributed by atoms with Crippen molar-refractivity contribution in [1.82, 2.24) is 10.3 Å². The highest BCUT2D eigenvalue weighted by atomic mass is 15.0. The minimum absolute atomic E-state index is 0.256. The van der Waals surface area contributed by atoms with E-state index in [1.165, 1.54) is 35.9 Å². The third kappa shape index (κ3) is 3.52. The van der Waals surface area contributed by atoms with Gasteiger partial charge in [0.05, 0.1) is 11.6 Å². The van der Waals surface area contributed by atoms with Crippen LogP contribution in [-0.2, 0) is 0 Å². The zero-order chi connectivity index (χ0) is 17.1. The number of piperidine rings is 1. The molecule has 0 saturated carbocycles. The molecule has 1 aromatic heterocycles. The Morgan fingerprint density at radius 1 is 1.04 bits per heavy atom. The van der Waals surface area contributed by atoms with E-state index in [-0.39, 0.29) is 6.04 Å². The first-order valence-electron chi connectivity index (χ1n) is 9.22. The standard InChI is InChI=1S/C22H25N3/c1-16-15-21(18-11-5-6-12-19(18)24-16)25-22(17-9-3-2-4-10-17)20-13-7-8-14-23-20/h2-6,9-12,15,20,22-23H,7-8,13-14H2,1H3,(H,24,25). The molecule has 3 aromatic rings. The number of aryl methyl sites for hydroxylation is 1. The maximum Gasteiger partial charge on any atom is 0.0725 e. The molecule has 0 spiro atoms. The number of nitrogens with zero attached hydrogens (tertiary/aromatic N) is 1. The predicted octanol–water partition coefficient (Wildman–Crippen LogP) is 4.84. The first kappa shape index (κ1) is 16.1. The van der Waals surface area contributed by atoms with Gasteiger partial charge in [0.2, 0.25) is 0 Å². The molecular weight excluding hydrogens is 306 g/mol. The van der Waals surface area contributed by atoms with Crippen molar-refractivity contribution in [3.63, 3.8) is 0 Å². The van der Waals surface area contributed by atoms with Crippen LogP contribution >= 0.6 is 0 Å². The zero-order valence-corrected chi connectivity index (χ0v) is 14.7. The number of para-hydroxylation sites is 1. The molecule has 25 heavy (non-hydrogen) atoms. The third-order valence-corrected chi connectivity index (χ3v) is 5.06. The Kier molecular flexibility index (Phi) is 4.66. The van der Waals surface area contributed by atoms with Gasteiger partial charge < -0.3 is 10.6 Å². The van der Waals surface area contributed by atoms with Crippen LogP contribution in [0, 0.1) is 6.92 Å². The highest BCUT2D eigenvalue weighted by molar-refractivity contribution is 5.91. The average molecular weight is 331 g/mol. The van der Waals surface area contributed by atoms with Crippen molar-refractivity contribution < 1.29 is 0 Å². The van der Waals surface area contributed by atoms with Crippen LogP contribution in [0.4, 0.5) is 5.69 Å². The fraction of sp³-hybridized carbons (Fsp3) is 0.318. The highest BCUT2D eigenvalue weighted by Gasteiger charge is 2.25. The van der Waals surface area contributed by atoms with E-state index in [1.54, 1.807) is 0 Å². The molecule has 0 bridgehead atoms. The van der Waals surface area contributed by atoms with Crippen LogP contribution in [0.1, 0.15) is 36.6 Å². The van der Waals surface area contributed by atoms with Crippen LogP contribution in [0.5, 0.6) is 0 Å². The summed E-state index contributed by atoms with van der Waals surface area (Å²) in [5.41, 5.74) is 4.60. The molecule has 1 fully saturated rings. The summed E-state index contributed by atoms with van der Waals surface area (Å²) in [5, 5.41) is 8.75. The Morgan fingerprint density at radius 3 is 2.64 bits per heavy atom. The second-order valence-corrected chi connectivity index (χ2v) is 6.92. The quantitative estimate of drug-likeness (QED) is 0.718. The molecule has 1 aliphatic rings. The van der Waals surface area contributed by atoms with Crippen molar-refractivity contribution in [3.8, 4) is 0 Å². The van der Waals surface area contributed by atoms with Gasteiger partial charge in [-0.2, -0.15) is 0 Å². The van der Waals surface area contributed by atoms with Gasteiger partial charge in [-0.1, -0.05) is 55.0 Å². The molecule has 2 N–H and O–H groups in total. The number of nitrogens with one attached hydrogen (secondary N) is 2. The molecule has 1 saturated heterocycles. The monoisotopic (exact) mass is 331 g/mol. The van der Waals surface area contributed by atoms with Crippen LogP contribution in [0.15, 0.2) is 60.7 Å². The minimum atomic E-state index is 0.256. The molecule has 3 nitrogen and oxygen atoms in total. The molecule has 2 atom stereocenters. The summed E-state index contributed by atoms with van der Waals surface area (Å²) in [6.45, 7) is 3.17. The fourth-order valence-electron chi connectivity index (χ4n) is 3.83. The van der Waals surface area contributed by atoms with E-state index in [0.29, 0.717) is 6.04 Å². The molecule has 2 heterocycles. The van der Waals surface area contributed by atoms with Gasteiger partial charge in [0.25, 0.3) is 0 Å². The third-order valence-electron chi connectivity index (χ3n) is 5.06. The summed E-state index contributed by atoms with van der Waals surface area (Å²) in [7, 11) is 0. The first-order valence-corrected chi connectivity index (χ1v) is 9.22. The van der Waals surface area contributed by atoms with Crippen molar-refractivity contribution in [3.05, 3.63) is 71.9 Å². The van der Waals surface area contributed by atoms with Crippen LogP contribution < -0.4 is 10.6 Å². The molecule has 2 unspecified atom stereocenters. The fourth-order valence-corrected chi connectivity index (χ4v) is 3.83. The number of hydrogen-bond acceptors (Lipinski definition) is 3. The van der Waals surface area contributed by atoms with Gasteiger partial charge in [0, 0.05) is 22.8 Å². The molecule has 4 rings (SSSR count). The number of rotatable bonds is 4. The van der Waals surface area contributed by atoms with E-state index in [1.807, 2.05) is 0 Å². The molecule has 0 aliphatic carbocycles. The zero-order valence-electron chi connectivity index (χ0n) is 14.7. The molecule has 1 aliphatic heterocycles. The molecule has 128 valence electrons. The Balaban J connectivity index is 1.74. The average Bonchev–Trinajstić information content (AvgIpc) is 2.67. The summed E-state index contributed by atoms with van der Waals surface area (Å²) in [4.78, 5) is 4.67. The van der Waals surface area contributed by atoms with Gasteiger partial charge in [-0.3, -0.25) is 4.98 Å². The molecule has 2 aromatic carbocycles. The van der Waals surface area contributed by atoms with Crippen molar-refractivity contribution in [1.29, 1.82) is 0 Å². The second-order valence-electron chi connectivity index (χ2n) is 6.92. The van der Waals surface area contributed by atoms with E-state index in [4.69, 9.17) is 0 Å². The lowest BCUT2D eigenvalue weighted by Crippen LogP contribution is -2.41. The van der Waals surface area contributed by atoms with Crippen LogP contribution in [-0.4, -0.2) is 17.6 Å². The largest absolute Gasteiger partial charge is 0.376 e. The Labute approximate surface area is 149 Å². The van der Waals surface area contributed by atoms with Crippen molar-refractivity contribution in [2.45, 2.75) is 38.3 Å². The van der Waals surface area contributed by atoms with E-state index in [2.05, 4.69) is 83.2 Å². The lowest BCUT2D eigenvalue weighted by atomic mass is 9.92. The SMILES string of the molecule is Cc1cc(NC(c2ccccc2)C2CCCCN2)c2ccccc2n1. The van der Waals surface area contributed by atoms with Crippen LogP contribution in [0.25, 0.3) is 10.9 Å². The number of benzene rings is 2. The van der Waals surface area contributed by atoms with Gasteiger partial charge in [0.15, 0.2) is 0 Å². The van der Waals surface area contributed by atoms with Crippen molar-refractivity contribution in [2.24, 2.45) is 0 Å². The molecular formula is C22H25N3.